The summed E-state index contributed by atoms with van der Waals surface area (Å²) in [5.41, 5.74) is 4.04. The van der Waals surface area contributed by atoms with Crippen LogP contribution in [0.15, 0.2) is 83.2 Å². The standard InChI is InChI=1S/C25H24N4O3S3/c1-18-8-10-19(11-9-18)16-29(35(2,31)32)22-14-12-21(13-15-22)23(30)26-24-27-28-25(34-24)33-17-20-6-4-3-5-7-20/h3-15H,16-17H2,1-2H3,(H,26,27,30). The topological polar surface area (TPSA) is 92.3 Å². The number of carbonyl (C=O) groups is 1. The van der Waals surface area contributed by atoms with E-state index in [1.165, 1.54) is 27.5 Å². The van der Waals surface area contributed by atoms with Crippen LogP contribution in [0.25, 0.3) is 0 Å². The number of benzene rings is 3. The molecule has 0 aliphatic rings. The van der Waals surface area contributed by atoms with Crippen molar-refractivity contribution in [3.05, 3.63) is 101 Å². The number of hydrogen-bond acceptors (Lipinski definition) is 7. The first-order valence-electron chi connectivity index (χ1n) is 10.7. The molecular formula is C25H24N4O3S3. The van der Waals surface area contributed by atoms with Gasteiger partial charge in [0.15, 0.2) is 4.34 Å². The summed E-state index contributed by atoms with van der Waals surface area (Å²) in [7, 11) is -3.52. The Kier molecular flexibility index (Phi) is 7.84. The summed E-state index contributed by atoms with van der Waals surface area (Å²) >= 11 is 2.87. The lowest BCUT2D eigenvalue weighted by Crippen LogP contribution is -2.29. The average Bonchev–Trinajstić information content (AvgIpc) is 3.29. The van der Waals surface area contributed by atoms with E-state index in [9.17, 15) is 13.2 Å². The molecule has 1 aromatic heterocycles. The van der Waals surface area contributed by atoms with Crippen molar-refractivity contribution in [2.45, 2.75) is 23.6 Å². The van der Waals surface area contributed by atoms with E-state index in [1.54, 1.807) is 36.0 Å². The molecule has 1 heterocycles. The van der Waals surface area contributed by atoms with Crippen molar-refractivity contribution >= 4 is 49.8 Å². The monoisotopic (exact) mass is 524 g/mol. The Morgan fingerprint density at radius 3 is 2.29 bits per heavy atom. The highest BCUT2D eigenvalue weighted by Crippen LogP contribution is 2.29. The van der Waals surface area contributed by atoms with Gasteiger partial charge in [-0.25, -0.2) is 8.42 Å². The number of anilines is 2. The maximum atomic E-state index is 12.7. The van der Waals surface area contributed by atoms with Gasteiger partial charge in [0.25, 0.3) is 5.91 Å². The summed E-state index contributed by atoms with van der Waals surface area (Å²) in [6.45, 7) is 2.19. The number of sulfonamides is 1. The van der Waals surface area contributed by atoms with Gasteiger partial charge in [0.2, 0.25) is 15.2 Å². The number of nitrogens with one attached hydrogen (secondary N) is 1. The van der Waals surface area contributed by atoms with E-state index >= 15 is 0 Å². The van der Waals surface area contributed by atoms with E-state index in [0.717, 1.165) is 21.2 Å². The Balaban J connectivity index is 1.40. The van der Waals surface area contributed by atoms with Crippen molar-refractivity contribution in [2.75, 3.05) is 15.9 Å². The highest BCUT2D eigenvalue weighted by atomic mass is 32.2. The first kappa shape index (κ1) is 24.9. The summed E-state index contributed by atoms with van der Waals surface area (Å²) in [5, 5.41) is 11.4. The van der Waals surface area contributed by atoms with Crippen LogP contribution in [0.4, 0.5) is 10.8 Å². The van der Waals surface area contributed by atoms with Crippen molar-refractivity contribution in [3.8, 4) is 0 Å². The van der Waals surface area contributed by atoms with Crippen molar-refractivity contribution in [1.82, 2.24) is 10.2 Å². The molecule has 35 heavy (non-hydrogen) atoms. The zero-order valence-electron chi connectivity index (χ0n) is 19.2. The zero-order chi connectivity index (χ0) is 24.8. The van der Waals surface area contributed by atoms with Gasteiger partial charge in [-0.15, -0.1) is 10.2 Å². The lowest BCUT2D eigenvalue weighted by molar-refractivity contribution is 0.102. The molecule has 0 spiro atoms. The van der Waals surface area contributed by atoms with E-state index < -0.39 is 10.0 Å². The lowest BCUT2D eigenvalue weighted by atomic mass is 10.1. The van der Waals surface area contributed by atoms with Crippen molar-refractivity contribution in [2.24, 2.45) is 0 Å². The fourth-order valence-electron chi connectivity index (χ4n) is 3.25. The summed E-state index contributed by atoms with van der Waals surface area (Å²) in [6, 6.07) is 24.2. The number of hydrogen-bond donors (Lipinski definition) is 1. The molecule has 0 saturated heterocycles. The van der Waals surface area contributed by atoms with Crippen molar-refractivity contribution in [1.29, 1.82) is 0 Å². The molecule has 0 aliphatic carbocycles. The highest BCUT2D eigenvalue weighted by molar-refractivity contribution is 8.00. The molecular weight excluding hydrogens is 501 g/mol. The second-order valence-electron chi connectivity index (χ2n) is 7.90. The van der Waals surface area contributed by atoms with Gasteiger partial charge in [0.05, 0.1) is 18.5 Å². The fraction of sp³-hybridized carbons (Fsp3) is 0.160. The van der Waals surface area contributed by atoms with Crippen LogP contribution < -0.4 is 9.62 Å². The third-order valence-corrected chi connectivity index (χ3v) is 8.28. The molecule has 1 amide bonds. The predicted octanol–water partition coefficient (Wildman–Crippen LogP) is 5.36. The minimum absolute atomic E-state index is 0.207. The SMILES string of the molecule is Cc1ccc(CN(c2ccc(C(=O)Nc3nnc(SCc4ccccc4)s3)cc2)S(C)(=O)=O)cc1. The van der Waals surface area contributed by atoms with Gasteiger partial charge in [0.1, 0.15) is 0 Å². The Morgan fingerprint density at radius 1 is 0.943 bits per heavy atom. The van der Waals surface area contributed by atoms with Crippen molar-refractivity contribution in [3.63, 3.8) is 0 Å². The van der Waals surface area contributed by atoms with E-state index in [1.807, 2.05) is 61.5 Å². The maximum Gasteiger partial charge on any atom is 0.257 e. The molecule has 4 rings (SSSR count). The minimum atomic E-state index is -3.52. The average molecular weight is 525 g/mol. The van der Waals surface area contributed by atoms with Gasteiger partial charge in [-0.3, -0.25) is 14.4 Å². The Labute approximate surface area is 213 Å². The molecule has 180 valence electrons. The van der Waals surface area contributed by atoms with Crippen LogP contribution in [0.5, 0.6) is 0 Å². The van der Waals surface area contributed by atoms with Gasteiger partial charge in [-0.05, 0) is 42.3 Å². The first-order chi connectivity index (χ1) is 16.8. The van der Waals surface area contributed by atoms with E-state index in [-0.39, 0.29) is 12.5 Å². The summed E-state index contributed by atoms with van der Waals surface area (Å²) in [6.07, 6.45) is 1.17. The molecule has 0 atom stereocenters. The number of carbonyl (C=O) groups excluding carboxylic acids is 1. The van der Waals surface area contributed by atoms with E-state index in [2.05, 4.69) is 15.5 Å². The maximum absolute atomic E-state index is 12.7. The van der Waals surface area contributed by atoms with Crippen molar-refractivity contribution < 1.29 is 13.2 Å². The zero-order valence-corrected chi connectivity index (χ0v) is 21.7. The van der Waals surface area contributed by atoms with Crippen LogP contribution in [-0.4, -0.2) is 30.8 Å². The second kappa shape index (κ2) is 11.0. The summed E-state index contributed by atoms with van der Waals surface area (Å²) in [5.74, 6) is 0.432. The fourth-order valence-corrected chi connectivity index (χ4v) is 5.84. The van der Waals surface area contributed by atoms with Gasteiger partial charge in [-0.2, -0.15) is 0 Å². The number of aryl methyl sites for hydroxylation is 1. The van der Waals surface area contributed by atoms with Gasteiger partial charge < -0.3 is 0 Å². The Morgan fingerprint density at radius 2 is 1.63 bits per heavy atom. The largest absolute Gasteiger partial charge is 0.296 e. The molecule has 0 radical (unpaired) electrons. The molecule has 0 fully saturated rings. The van der Waals surface area contributed by atoms with Crippen LogP contribution in [0.1, 0.15) is 27.0 Å². The predicted molar refractivity (Wildman–Crippen MR) is 143 cm³/mol. The van der Waals surface area contributed by atoms with E-state index in [0.29, 0.717) is 16.4 Å². The Hall–Kier alpha value is -3.21. The summed E-state index contributed by atoms with van der Waals surface area (Å²) < 4.78 is 27.0. The smallest absolute Gasteiger partial charge is 0.257 e. The number of rotatable bonds is 9. The molecule has 0 saturated carbocycles. The molecule has 1 N–H and O–H groups in total. The Bertz CT molecular complexity index is 1390. The molecule has 0 aliphatic heterocycles. The summed E-state index contributed by atoms with van der Waals surface area (Å²) in [4.78, 5) is 12.7. The van der Waals surface area contributed by atoms with Gasteiger partial charge in [-0.1, -0.05) is 83.3 Å². The van der Waals surface area contributed by atoms with Crippen LogP contribution in [-0.2, 0) is 22.3 Å². The van der Waals surface area contributed by atoms with Gasteiger partial charge in [0, 0.05) is 11.3 Å². The molecule has 10 heteroatoms. The number of thioether (sulfide) groups is 1. The molecule has 7 nitrogen and oxygen atoms in total. The third-order valence-electron chi connectivity index (χ3n) is 5.10. The normalized spacial score (nSPS) is 11.3. The lowest BCUT2D eigenvalue weighted by Gasteiger charge is -2.23. The molecule has 0 unspecified atom stereocenters. The molecule has 3 aromatic carbocycles. The minimum Gasteiger partial charge on any atom is -0.296 e. The third kappa shape index (κ3) is 6.91. The number of aromatic nitrogens is 2. The number of nitrogens with zero attached hydrogens (tertiary/aromatic N) is 3. The van der Waals surface area contributed by atoms with Crippen LogP contribution >= 0.6 is 23.1 Å². The van der Waals surface area contributed by atoms with Crippen LogP contribution in [0, 0.1) is 6.92 Å². The molecule has 0 bridgehead atoms. The highest BCUT2D eigenvalue weighted by Gasteiger charge is 2.19. The van der Waals surface area contributed by atoms with Crippen LogP contribution in [0.3, 0.4) is 0 Å². The molecule has 4 aromatic rings. The van der Waals surface area contributed by atoms with E-state index in [4.69, 9.17) is 0 Å². The van der Waals surface area contributed by atoms with Gasteiger partial charge >= 0.3 is 0 Å². The number of amides is 1. The first-order valence-corrected chi connectivity index (χ1v) is 14.4. The quantitative estimate of drug-likeness (QED) is 0.234. The second-order valence-corrected chi connectivity index (χ2v) is 12.0. The van der Waals surface area contributed by atoms with Crippen LogP contribution in [0.2, 0.25) is 0 Å².